The molecule has 2 aromatic heterocycles. The number of hydrogen-bond donors (Lipinski definition) is 1. The van der Waals surface area contributed by atoms with E-state index in [-0.39, 0.29) is 5.91 Å². The summed E-state index contributed by atoms with van der Waals surface area (Å²) < 4.78 is 2.14. The number of aromatic nitrogens is 3. The number of carbonyl (C=O) groups is 1. The first-order valence-corrected chi connectivity index (χ1v) is 8.76. The zero-order chi connectivity index (χ0) is 16.4. The third-order valence-corrected chi connectivity index (χ3v) is 5.19. The molecule has 24 heavy (non-hydrogen) atoms. The van der Waals surface area contributed by atoms with Crippen molar-refractivity contribution >= 4 is 5.91 Å². The summed E-state index contributed by atoms with van der Waals surface area (Å²) in [5.41, 5.74) is 1.90. The lowest BCUT2D eigenvalue weighted by Crippen LogP contribution is -2.47. The third-order valence-electron chi connectivity index (χ3n) is 5.19. The van der Waals surface area contributed by atoms with Crippen LogP contribution >= 0.6 is 0 Å². The van der Waals surface area contributed by atoms with E-state index in [0.717, 1.165) is 25.6 Å². The highest BCUT2D eigenvalue weighted by Gasteiger charge is 2.32. The number of hydrogen-bond acceptors (Lipinski definition) is 4. The van der Waals surface area contributed by atoms with Gasteiger partial charge in [-0.15, -0.1) is 0 Å². The van der Waals surface area contributed by atoms with Crippen LogP contribution in [0, 0.1) is 0 Å². The maximum atomic E-state index is 12.1. The molecule has 0 radical (unpaired) electrons. The average Bonchev–Trinajstić information content (AvgIpc) is 3.02. The first-order chi connectivity index (χ1) is 11.8. The van der Waals surface area contributed by atoms with Crippen LogP contribution in [0.1, 0.15) is 47.8 Å². The highest BCUT2D eigenvalue weighted by atomic mass is 16.1. The molecule has 1 amide bonds. The third kappa shape index (κ3) is 3.06. The Bertz CT molecular complexity index is 694. The van der Waals surface area contributed by atoms with Crippen LogP contribution in [0.4, 0.5) is 0 Å². The van der Waals surface area contributed by atoms with E-state index in [2.05, 4.69) is 31.0 Å². The highest BCUT2D eigenvalue weighted by molar-refractivity contribution is 5.93. The number of rotatable bonds is 5. The van der Waals surface area contributed by atoms with Crippen molar-refractivity contribution in [1.82, 2.24) is 25.0 Å². The Morgan fingerprint density at radius 2 is 2.21 bits per heavy atom. The number of carbonyl (C=O) groups excluding carboxylic acids is 1. The van der Waals surface area contributed by atoms with Gasteiger partial charge < -0.3 is 5.32 Å². The van der Waals surface area contributed by atoms with Gasteiger partial charge in [-0.1, -0.05) is 6.42 Å². The second kappa shape index (κ2) is 6.73. The first kappa shape index (κ1) is 15.3. The van der Waals surface area contributed by atoms with Gasteiger partial charge >= 0.3 is 0 Å². The van der Waals surface area contributed by atoms with E-state index < -0.39 is 0 Å². The summed E-state index contributed by atoms with van der Waals surface area (Å²) in [5.74, 6) is -0.0598. The van der Waals surface area contributed by atoms with Crippen LogP contribution in [0.3, 0.4) is 0 Å². The minimum Gasteiger partial charge on any atom is -0.352 e. The quantitative estimate of drug-likeness (QED) is 0.913. The number of nitrogens with zero attached hydrogens (tertiary/aromatic N) is 4. The summed E-state index contributed by atoms with van der Waals surface area (Å²) in [6.45, 7) is 2.68. The van der Waals surface area contributed by atoms with Crippen molar-refractivity contribution in [3.63, 3.8) is 0 Å². The number of nitrogens with one attached hydrogen (secondary N) is 1. The minimum absolute atomic E-state index is 0.0598. The lowest BCUT2D eigenvalue weighted by Gasteiger charge is -2.42. The Hall–Kier alpha value is -2.21. The van der Waals surface area contributed by atoms with Gasteiger partial charge in [0, 0.05) is 44.3 Å². The molecule has 2 aliphatic rings. The van der Waals surface area contributed by atoms with E-state index in [4.69, 9.17) is 0 Å². The fourth-order valence-electron chi connectivity index (χ4n) is 3.61. The monoisotopic (exact) mass is 325 g/mol. The molecule has 0 spiro atoms. The van der Waals surface area contributed by atoms with Crippen LogP contribution in [-0.4, -0.2) is 44.7 Å². The summed E-state index contributed by atoms with van der Waals surface area (Å²) in [5, 5.41) is 7.50. The Balaban J connectivity index is 1.36. The second-order valence-electron chi connectivity index (χ2n) is 6.72. The molecule has 0 unspecified atom stereocenters. The van der Waals surface area contributed by atoms with Gasteiger partial charge in [-0.2, -0.15) is 5.10 Å². The molecule has 3 heterocycles. The molecule has 1 saturated carbocycles. The first-order valence-electron chi connectivity index (χ1n) is 8.76. The van der Waals surface area contributed by atoms with E-state index >= 15 is 0 Å². The lowest BCUT2D eigenvalue weighted by atomic mass is 9.90. The molecule has 4 rings (SSSR count). The van der Waals surface area contributed by atoms with Gasteiger partial charge in [-0.25, -0.2) is 0 Å². The van der Waals surface area contributed by atoms with E-state index in [9.17, 15) is 4.79 Å². The number of amides is 1. The maximum absolute atomic E-state index is 12.1. The maximum Gasteiger partial charge on any atom is 0.252 e. The molecule has 6 heteroatoms. The summed E-state index contributed by atoms with van der Waals surface area (Å²) in [6.07, 6.45) is 10.0. The van der Waals surface area contributed by atoms with E-state index in [1.165, 1.54) is 25.0 Å². The van der Waals surface area contributed by atoms with Gasteiger partial charge in [-0.05, 0) is 37.5 Å². The summed E-state index contributed by atoms with van der Waals surface area (Å²) in [7, 11) is 0. The Morgan fingerprint density at radius 1 is 1.29 bits per heavy atom. The van der Waals surface area contributed by atoms with Gasteiger partial charge in [0.15, 0.2) is 0 Å². The van der Waals surface area contributed by atoms with Crippen LogP contribution in [0.2, 0.25) is 0 Å². The van der Waals surface area contributed by atoms with Crippen LogP contribution in [0.25, 0.3) is 0 Å². The molecule has 126 valence electrons. The molecule has 0 bridgehead atoms. The predicted octanol–water partition coefficient (Wildman–Crippen LogP) is 2.01. The molecule has 0 aromatic carbocycles. The Morgan fingerprint density at radius 3 is 2.96 bits per heavy atom. The van der Waals surface area contributed by atoms with Crippen molar-refractivity contribution in [2.45, 2.75) is 44.3 Å². The molecule has 6 nitrogen and oxygen atoms in total. The largest absolute Gasteiger partial charge is 0.352 e. The highest BCUT2D eigenvalue weighted by Crippen LogP contribution is 2.31. The van der Waals surface area contributed by atoms with E-state index in [1.807, 2.05) is 6.20 Å². The van der Waals surface area contributed by atoms with Crippen molar-refractivity contribution in [1.29, 1.82) is 0 Å². The molecular formula is C18H23N5O. The Kier molecular flexibility index (Phi) is 4.30. The molecule has 1 atom stereocenters. The van der Waals surface area contributed by atoms with Crippen molar-refractivity contribution < 1.29 is 4.79 Å². The fraction of sp³-hybridized carbons (Fsp3) is 0.500. The van der Waals surface area contributed by atoms with Gasteiger partial charge in [-0.3, -0.25) is 19.4 Å². The van der Waals surface area contributed by atoms with Gasteiger partial charge in [0.2, 0.25) is 0 Å². The zero-order valence-electron chi connectivity index (χ0n) is 13.8. The molecular weight excluding hydrogens is 302 g/mol. The van der Waals surface area contributed by atoms with Gasteiger partial charge in [0.25, 0.3) is 5.91 Å². The second-order valence-corrected chi connectivity index (χ2v) is 6.72. The van der Waals surface area contributed by atoms with Gasteiger partial charge in [0.05, 0.1) is 17.3 Å². The molecule has 2 aromatic rings. The predicted molar refractivity (Wildman–Crippen MR) is 90.5 cm³/mol. The van der Waals surface area contributed by atoms with Crippen LogP contribution in [-0.2, 0) is 6.54 Å². The SMILES string of the molecule is O=C(NCC[C@@H]1CN(C2CCC2)Cc2ccnn21)c1cccnc1. The van der Waals surface area contributed by atoms with E-state index in [0.29, 0.717) is 18.2 Å². The fourth-order valence-corrected chi connectivity index (χ4v) is 3.61. The van der Waals surface area contributed by atoms with Crippen molar-refractivity contribution in [2.75, 3.05) is 13.1 Å². The van der Waals surface area contributed by atoms with Crippen LogP contribution in [0.15, 0.2) is 36.8 Å². The smallest absolute Gasteiger partial charge is 0.252 e. The van der Waals surface area contributed by atoms with Crippen LogP contribution in [0.5, 0.6) is 0 Å². The zero-order valence-corrected chi connectivity index (χ0v) is 13.8. The number of pyridine rings is 1. The molecule has 1 fully saturated rings. The average molecular weight is 325 g/mol. The molecule has 1 aliphatic carbocycles. The normalized spacial score (nSPS) is 21.1. The Labute approximate surface area is 141 Å². The molecule has 1 N–H and O–H groups in total. The van der Waals surface area contributed by atoms with Crippen molar-refractivity contribution in [2.24, 2.45) is 0 Å². The summed E-state index contributed by atoms with van der Waals surface area (Å²) >= 11 is 0. The standard InChI is InChI=1S/C18H23N5O/c24-18(14-3-2-8-19-11-14)20-9-6-16-12-22(15-4-1-5-15)13-17-7-10-21-23(16)17/h2-3,7-8,10-11,15-16H,1,4-6,9,12-13H2,(H,20,24)/t16-/m1/s1. The number of fused-ring (bicyclic) bond motifs is 1. The van der Waals surface area contributed by atoms with Crippen molar-refractivity contribution in [3.05, 3.63) is 48.0 Å². The summed E-state index contributed by atoms with van der Waals surface area (Å²) in [6, 6.07) is 6.75. The van der Waals surface area contributed by atoms with Crippen LogP contribution < -0.4 is 5.32 Å². The topological polar surface area (TPSA) is 63.1 Å². The lowest BCUT2D eigenvalue weighted by molar-refractivity contribution is 0.0723. The van der Waals surface area contributed by atoms with E-state index in [1.54, 1.807) is 24.5 Å². The summed E-state index contributed by atoms with van der Waals surface area (Å²) in [4.78, 5) is 18.7. The molecule has 0 saturated heterocycles. The van der Waals surface area contributed by atoms with Crippen molar-refractivity contribution in [3.8, 4) is 0 Å². The van der Waals surface area contributed by atoms with Gasteiger partial charge in [0.1, 0.15) is 0 Å². The minimum atomic E-state index is -0.0598. The molecule has 1 aliphatic heterocycles.